The molecule has 3 rings (SSSR count). The van der Waals surface area contributed by atoms with Crippen molar-refractivity contribution in [1.29, 1.82) is 0 Å². The fourth-order valence-electron chi connectivity index (χ4n) is 2.78. The fourth-order valence-corrected chi connectivity index (χ4v) is 2.78. The van der Waals surface area contributed by atoms with Crippen molar-refractivity contribution in [3.8, 4) is 0 Å². The molecule has 0 N–H and O–H groups in total. The summed E-state index contributed by atoms with van der Waals surface area (Å²) in [6.45, 7) is 5.52. The third kappa shape index (κ3) is 2.96. The predicted octanol–water partition coefficient (Wildman–Crippen LogP) is -0.0113. The normalized spacial score (nSPS) is 25.2. The quantitative estimate of drug-likeness (QED) is 0.767. The van der Waals surface area contributed by atoms with Crippen LogP contribution >= 0.6 is 0 Å². The molecule has 1 amide bonds. The van der Waals surface area contributed by atoms with Crippen molar-refractivity contribution in [3.63, 3.8) is 0 Å². The van der Waals surface area contributed by atoms with Crippen molar-refractivity contribution in [2.45, 2.75) is 12.5 Å². The number of carbonyl (C=O) groups excluding carboxylic acids is 1. The van der Waals surface area contributed by atoms with E-state index in [4.69, 9.17) is 4.74 Å². The van der Waals surface area contributed by atoms with Crippen molar-refractivity contribution in [2.24, 2.45) is 0 Å². The average molecular weight is 264 g/mol. The molecule has 1 atom stereocenters. The highest BCUT2D eigenvalue weighted by Gasteiger charge is 2.25. The summed E-state index contributed by atoms with van der Waals surface area (Å²) in [4.78, 5) is 15.9. The molecule has 0 spiro atoms. The van der Waals surface area contributed by atoms with Crippen LogP contribution in [-0.4, -0.2) is 71.4 Å². The molecule has 0 saturated carbocycles. The Morgan fingerprint density at radius 2 is 2.32 bits per heavy atom. The zero-order valence-corrected chi connectivity index (χ0v) is 11.1. The molecule has 1 aromatic heterocycles. The first-order valence-corrected chi connectivity index (χ1v) is 6.90. The van der Waals surface area contributed by atoms with Crippen LogP contribution in [0.5, 0.6) is 0 Å². The zero-order chi connectivity index (χ0) is 13.1. The van der Waals surface area contributed by atoms with Gasteiger partial charge in [-0.05, 0) is 12.5 Å². The molecule has 3 heterocycles. The molecule has 0 bridgehead atoms. The second-order valence-electron chi connectivity index (χ2n) is 5.16. The third-order valence-electron chi connectivity index (χ3n) is 3.92. The van der Waals surface area contributed by atoms with Crippen LogP contribution in [0, 0.1) is 0 Å². The van der Waals surface area contributed by atoms with Gasteiger partial charge in [-0.1, -0.05) is 0 Å². The van der Waals surface area contributed by atoms with E-state index in [0.29, 0.717) is 12.6 Å². The van der Waals surface area contributed by atoms with Crippen molar-refractivity contribution >= 4 is 5.91 Å². The van der Waals surface area contributed by atoms with E-state index in [9.17, 15) is 4.79 Å². The number of hydrogen-bond donors (Lipinski definition) is 0. The van der Waals surface area contributed by atoms with Gasteiger partial charge in [0.2, 0.25) is 5.91 Å². The minimum Gasteiger partial charge on any atom is -0.370 e. The summed E-state index contributed by atoms with van der Waals surface area (Å²) in [5.74, 6) is 0.120. The minimum absolute atomic E-state index is 0.120. The number of carbonyl (C=O) groups is 1. The molecule has 6 heteroatoms. The summed E-state index contributed by atoms with van der Waals surface area (Å²) in [7, 11) is 0. The number of ether oxygens (including phenoxy) is 1. The second kappa shape index (κ2) is 5.71. The number of aromatic nitrogens is 2. The van der Waals surface area contributed by atoms with E-state index < -0.39 is 0 Å². The van der Waals surface area contributed by atoms with E-state index in [1.54, 1.807) is 0 Å². The van der Waals surface area contributed by atoms with Crippen LogP contribution in [0.2, 0.25) is 0 Å². The maximum atomic E-state index is 11.6. The number of amides is 1. The Labute approximate surface area is 112 Å². The highest BCUT2D eigenvalue weighted by atomic mass is 16.5. The number of likely N-dealkylation sites (tertiary alicyclic amines) is 1. The largest absolute Gasteiger partial charge is 0.370 e. The Balaban J connectivity index is 1.45. The molecule has 6 nitrogen and oxygen atoms in total. The Hall–Kier alpha value is -1.40. The first kappa shape index (κ1) is 12.6. The molecule has 1 unspecified atom stereocenters. The van der Waals surface area contributed by atoms with Crippen LogP contribution in [0.4, 0.5) is 0 Å². The molecule has 0 aromatic carbocycles. The summed E-state index contributed by atoms with van der Waals surface area (Å²) in [6, 6.07) is 2.45. The van der Waals surface area contributed by atoms with Crippen LogP contribution < -0.4 is 0 Å². The summed E-state index contributed by atoms with van der Waals surface area (Å²) in [5, 5.41) is 4.30. The molecule has 0 radical (unpaired) electrons. The van der Waals surface area contributed by atoms with Gasteiger partial charge in [-0.3, -0.25) is 14.4 Å². The Morgan fingerprint density at radius 3 is 3.11 bits per heavy atom. The summed E-state index contributed by atoms with van der Waals surface area (Å²) < 4.78 is 7.17. The molecule has 2 aliphatic rings. The number of morpholine rings is 1. The van der Waals surface area contributed by atoms with Gasteiger partial charge in [-0.15, -0.1) is 0 Å². The highest BCUT2D eigenvalue weighted by molar-refractivity contribution is 5.77. The molecule has 2 aliphatic heterocycles. The predicted molar refractivity (Wildman–Crippen MR) is 69.7 cm³/mol. The molecule has 104 valence electrons. The van der Waals surface area contributed by atoms with Crippen LogP contribution in [0.15, 0.2) is 18.5 Å². The van der Waals surface area contributed by atoms with E-state index in [0.717, 1.165) is 39.1 Å². The van der Waals surface area contributed by atoms with Gasteiger partial charge in [0, 0.05) is 45.1 Å². The van der Waals surface area contributed by atoms with Gasteiger partial charge in [0.15, 0.2) is 0 Å². The molecular weight excluding hydrogens is 244 g/mol. The maximum absolute atomic E-state index is 11.6. The third-order valence-corrected chi connectivity index (χ3v) is 3.92. The number of hydrogen-bond acceptors (Lipinski definition) is 4. The van der Waals surface area contributed by atoms with Gasteiger partial charge in [0.1, 0.15) is 6.61 Å². The summed E-state index contributed by atoms with van der Waals surface area (Å²) in [6.07, 6.45) is 4.99. The lowest BCUT2D eigenvalue weighted by atomic mass is 10.3. The number of nitrogens with zero attached hydrogens (tertiary/aromatic N) is 4. The van der Waals surface area contributed by atoms with Crippen LogP contribution in [-0.2, 0) is 9.53 Å². The van der Waals surface area contributed by atoms with Gasteiger partial charge in [0.05, 0.1) is 12.6 Å². The molecule has 2 saturated heterocycles. The molecule has 19 heavy (non-hydrogen) atoms. The summed E-state index contributed by atoms with van der Waals surface area (Å²) in [5.41, 5.74) is 0. The molecular formula is C13H20N4O2. The van der Waals surface area contributed by atoms with E-state index in [2.05, 4.69) is 10.00 Å². The van der Waals surface area contributed by atoms with Crippen molar-refractivity contribution in [1.82, 2.24) is 19.6 Å². The van der Waals surface area contributed by atoms with Gasteiger partial charge in [-0.25, -0.2) is 0 Å². The van der Waals surface area contributed by atoms with Crippen molar-refractivity contribution in [3.05, 3.63) is 18.5 Å². The first-order valence-electron chi connectivity index (χ1n) is 6.90. The molecule has 0 aliphatic carbocycles. The van der Waals surface area contributed by atoms with Crippen molar-refractivity contribution < 1.29 is 9.53 Å². The van der Waals surface area contributed by atoms with Gasteiger partial charge >= 0.3 is 0 Å². The smallest absolute Gasteiger partial charge is 0.248 e. The Kier molecular flexibility index (Phi) is 3.79. The van der Waals surface area contributed by atoms with Gasteiger partial charge in [-0.2, -0.15) is 5.10 Å². The van der Waals surface area contributed by atoms with Crippen LogP contribution in [0.3, 0.4) is 0 Å². The zero-order valence-electron chi connectivity index (χ0n) is 11.1. The minimum atomic E-state index is 0.120. The van der Waals surface area contributed by atoms with Gasteiger partial charge < -0.3 is 9.64 Å². The molecule has 2 fully saturated rings. The molecule has 1 aromatic rings. The lowest BCUT2D eigenvalue weighted by molar-refractivity contribution is -0.142. The van der Waals surface area contributed by atoms with E-state index >= 15 is 0 Å². The van der Waals surface area contributed by atoms with E-state index in [1.807, 2.05) is 28.0 Å². The SMILES string of the molecule is O=C1COCCN1CCN1CCC(n2cccn2)C1. The first-order chi connectivity index (χ1) is 9.33. The second-order valence-corrected chi connectivity index (χ2v) is 5.16. The number of rotatable bonds is 4. The monoisotopic (exact) mass is 264 g/mol. The Morgan fingerprint density at radius 1 is 1.37 bits per heavy atom. The summed E-state index contributed by atoms with van der Waals surface area (Å²) >= 11 is 0. The Bertz CT molecular complexity index is 420. The average Bonchev–Trinajstić information content (AvgIpc) is 3.09. The topological polar surface area (TPSA) is 50.6 Å². The van der Waals surface area contributed by atoms with E-state index in [1.165, 1.54) is 0 Å². The van der Waals surface area contributed by atoms with Gasteiger partial charge in [0.25, 0.3) is 0 Å². The highest BCUT2D eigenvalue weighted by Crippen LogP contribution is 2.20. The van der Waals surface area contributed by atoms with Crippen molar-refractivity contribution in [2.75, 3.05) is 45.9 Å². The lowest BCUT2D eigenvalue weighted by Gasteiger charge is -2.28. The van der Waals surface area contributed by atoms with E-state index in [-0.39, 0.29) is 12.5 Å². The lowest BCUT2D eigenvalue weighted by Crippen LogP contribution is -2.45. The maximum Gasteiger partial charge on any atom is 0.248 e. The van der Waals surface area contributed by atoms with Crippen LogP contribution in [0.1, 0.15) is 12.5 Å². The van der Waals surface area contributed by atoms with Crippen LogP contribution in [0.25, 0.3) is 0 Å². The fraction of sp³-hybridized carbons (Fsp3) is 0.692. The standard InChI is InChI=1S/C13H20N4O2/c18-13-11-19-9-8-16(13)7-6-15-5-2-12(10-15)17-4-1-3-14-17/h1,3-4,12H,2,5-11H2.